The van der Waals surface area contributed by atoms with Crippen LogP contribution >= 0.6 is 0 Å². The van der Waals surface area contributed by atoms with Crippen molar-refractivity contribution in [1.29, 1.82) is 0 Å². The highest BCUT2D eigenvalue weighted by Gasteiger charge is 2.21. The SMILES string of the molecule is O=C(/C=C/c1ccc(N2CCCC2=O)cc1)OCc1nnnn1-c1ccccc1. The number of rotatable bonds is 6. The molecule has 0 radical (unpaired) electrons. The van der Waals surface area contributed by atoms with Crippen LogP contribution in [0.25, 0.3) is 11.8 Å². The van der Waals surface area contributed by atoms with Crippen molar-refractivity contribution in [2.75, 3.05) is 11.4 Å². The van der Waals surface area contributed by atoms with Crippen LogP contribution < -0.4 is 4.90 Å². The highest BCUT2D eigenvalue weighted by atomic mass is 16.5. The van der Waals surface area contributed by atoms with E-state index in [1.807, 2.05) is 54.6 Å². The fraction of sp³-hybridized carbons (Fsp3) is 0.190. The van der Waals surface area contributed by atoms with Gasteiger partial charge in [-0.2, -0.15) is 4.68 Å². The Kier molecular flexibility index (Phi) is 5.42. The Morgan fingerprint density at radius 2 is 1.86 bits per heavy atom. The lowest BCUT2D eigenvalue weighted by molar-refractivity contribution is -0.139. The first-order chi connectivity index (χ1) is 14.2. The number of carbonyl (C=O) groups is 2. The van der Waals surface area contributed by atoms with Crippen molar-refractivity contribution in [3.8, 4) is 5.69 Å². The summed E-state index contributed by atoms with van der Waals surface area (Å²) in [5.41, 5.74) is 2.50. The van der Waals surface area contributed by atoms with Gasteiger partial charge in [0.1, 0.15) is 0 Å². The van der Waals surface area contributed by atoms with E-state index in [2.05, 4.69) is 15.5 Å². The van der Waals surface area contributed by atoms with E-state index in [4.69, 9.17) is 4.74 Å². The Morgan fingerprint density at radius 1 is 1.07 bits per heavy atom. The highest BCUT2D eigenvalue weighted by Crippen LogP contribution is 2.21. The van der Waals surface area contributed by atoms with E-state index in [9.17, 15) is 9.59 Å². The summed E-state index contributed by atoms with van der Waals surface area (Å²) in [4.78, 5) is 25.6. The van der Waals surface area contributed by atoms with Crippen LogP contribution in [0.15, 0.2) is 60.7 Å². The van der Waals surface area contributed by atoms with E-state index in [-0.39, 0.29) is 12.5 Å². The van der Waals surface area contributed by atoms with Gasteiger partial charge in [-0.15, -0.1) is 5.10 Å². The molecule has 1 aromatic heterocycles. The van der Waals surface area contributed by atoms with Gasteiger partial charge in [-0.05, 0) is 52.8 Å². The number of hydrogen-bond acceptors (Lipinski definition) is 6. The zero-order valence-corrected chi connectivity index (χ0v) is 15.6. The average Bonchev–Trinajstić information content (AvgIpc) is 3.40. The summed E-state index contributed by atoms with van der Waals surface area (Å²) in [6.45, 7) is 0.712. The third-order valence-corrected chi connectivity index (χ3v) is 4.57. The fourth-order valence-electron chi connectivity index (χ4n) is 3.10. The molecule has 1 fully saturated rings. The van der Waals surface area contributed by atoms with E-state index in [1.54, 1.807) is 11.0 Å². The predicted octanol–water partition coefficient (Wildman–Crippen LogP) is 2.55. The molecule has 2 heterocycles. The molecule has 1 saturated heterocycles. The smallest absolute Gasteiger partial charge is 0.331 e. The van der Waals surface area contributed by atoms with Gasteiger partial charge in [-0.1, -0.05) is 30.3 Å². The molecule has 1 aliphatic heterocycles. The largest absolute Gasteiger partial charge is 0.454 e. The van der Waals surface area contributed by atoms with Gasteiger partial charge in [-0.3, -0.25) is 4.79 Å². The van der Waals surface area contributed by atoms with E-state index < -0.39 is 5.97 Å². The molecule has 0 unspecified atom stereocenters. The number of nitrogens with zero attached hydrogens (tertiary/aromatic N) is 5. The molecule has 146 valence electrons. The minimum atomic E-state index is -0.494. The quantitative estimate of drug-likeness (QED) is 0.475. The number of benzene rings is 2. The van der Waals surface area contributed by atoms with Crippen LogP contribution in [0.2, 0.25) is 0 Å². The van der Waals surface area contributed by atoms with E-state index in [1.165, 1.54) is 10.8 Å². The Labute approximate surface area is 167 Å². The van der Waals surface area contributed by atoms with Gasteiger partial charge in [0, 0.05) is 24.7 Å². The lowest BCUT2D eigenvalue weighted by atomic mass is 10.2. The fourth-order valence-corrected chi connectivity index (χ4v) is 3.10. The molecule has 0 aliphatic carbocycles. The lowest BCUT2D eigenvalue weighted by Crippen LogP contribution is -2.23. The molecule has 0 saturated carbocycles. The van der Waals surface area contributed by atoms with Crippen LogP contribution in [0.4, 0.5) is 5.69 Å². The molecule has 8 heteroatoms. The zero-order valence-electron chi connectivity index (χ0n) is 15.6. The van der Waals surface area contributed by atoms with Gasteiger partial charge in [0.05, 0.1) is 5.69 Å². The van der Waals surface area contributed by atoms with Crippen LogP contribution in [-0.4, -0.2) is 38.6 Å². The van der Waals surface area contributed by atoms with Crippen LogP contribution in [0.1, 0.15) is 24.2 Å². The summed E-state index contributed by atoms with van der Waals surface area (Å²) in [5.74, 6) is 0.0821. The van der Waals surface area contributed by atoms with Gasteiger partial charge in [-0.25, -0.2) is 4.79 Å². The minimum Gasteiger partial charge on any atom is -0.454 e. The van der Waals surface area contributed by atoms with Gasteiger partial charge in [0.25, 0.3) is 0 Å². The minimum absolute atomic E-state index is 0.0406. The standard InChI is InChI=1S/C21H19N5O3/c27-20-7-4-14-25(20)17-11-8-16(9-12-17)10-13-21(28)29-15-19-22-23-24-26(19)18-5-2-1-3-6-18/h1-3,5-6,8-13H,4,7,14-15H2/b13-10+. The average molecular weight is 389 g/mol. The predicted molar refractivity (Wildman–Crippen MR) is 106 cm³/mol. The first-order valence-electron chi connectivity index (χ1n) is 9.29. The number of esters is 1. The second kappa shape index (κ2) is 8.47. The van der Waals surface area contributed by atoms with Crippen LogP contribution in [0.5, 0.6) is 0 Å². The molecular formula is C21H19N5O3. The molecule has 0 N–H and O–H groups in total. The summed E-state index contributed by atoms with van der Waals surface area (Å²) in [5, 5.41) is 11.5. The number of ether oxygens (including phenoxy) is 1. The summed E-state index contributed by atoms with van der Waals surface area (Å²) in [7, 11) is 0. The Balaban J connectivity index is 1.34. The van der Waals surface area contributed by atoms with E-state index in [0.29, 0.717) is 12.2 Å². The number of aromatic nitrogens is 4. The highest BCUT2D eigenvalue weighted by molar-refractivity contribution is 5.95. The van der Waals surface area contributed by atoms with Crippen molar-refractivity contribution >= 4 is 23.6 Å². The van der Waals surface area contributed by atoms with Gasteiger partial charge >= 0.3 is 5.97 Å². The summed E-state index contributed by atoms with van der Waals surface area (Å²) in [6.07, 6.45) is 4.51. The normalized spacial score (nSPS) is 13.9. The maximum Gasteiger partial charge on any atom is 0.331 e. The number of anilines is 1. The van der Waals surface area contributed by atoms with Gasteiger partial charge < -0.3 is 9.64 Å². The lowest BCUT2D eigenvalue weighted by Gasteiger charge is -2.15. The number of carbonyl (C=O) groups excluding carboxylic acids is 2. The van der Waals surface area contributed by atoms with Gasteiger partial charge in [0.15, 0.2) is 12.4 Å². The number of tetrazole rings is 1. The first kappa shape index (κ1) is 18.5. The second-order valence-corrected chi connectivity index (χ2v) is 6.52. The summed E-state index contributed by atoms with van der Waals surface area (Å²) in [6, 6.07) is 16.8. The molecule has 1 amide bonds. The third-order valence-electron chi connectivity index (χ3n) is 4.57. The number of hydrogen-bond donors (Lipinski definition) is 0. The Morgan fingerprint density at radius 3 is 2.59 bits per heavy atom. The Hall–Kier alpha value is -3.81. The molecule has 3 aromatic rings. The van der Waals surface area contributed by atoms with Crippen molar-refractivity contribution in [3.63, 3.8) is 0 Å². The molecule has 0 spiro atoms. The molecule has 0 bridgehead atoms. The summed E-state index contributed by atoms with van der Waals surface area (Å²) >= 11 is 0. The summed E-state index contributed by atoms with van der Waals surface area (Å²) < 4.78 is 6.77. The molecule has 4 rings (SSSR count). The monoisotopic (exact) mass is 389 g/mol. The zero-order chi connectivity index (χ0) is 20.1. The topological polar surface area (TPSA) is 90.2 Å². The Bertz CT molecular complexity index is 1030. The maximum atomic E-state index is 12.0. The molecule has 0 atom stereocenters. The molecule has 29 heavy (non-hydrogen) atoms. The van der Waals surface area contributed by atoms with Crippen molar-refractivity contribution in [1.82, 2.24) is 20.2 Å². The number of para-hydroxylation sites is 1. The van der Waals surface area contributed by atoms with E-state index >= 15 is 0 Å². The molecule has 8 nitrogen and oxygen atoms in total. The van der Waals surface area contributed by atoms with Crippen molar-refractivity contribution in [3.05, 3.63) is 72.1 Å². The van der Waals surface area contributed by atoms with Crippen LogP contribution in [0, 0.1) is 0 Å². The first-order valence-corrected chi connectivity index (χ1v) is 9.29. The maximum absolute atomic E-state index is 12.0. The molecule has 1 aliphatic rings. The van der Waals surface area contributed by atoms with Crippen LogP contribution in [0.3, 0.4) is 0 Å². The van der Waals surface area contributed by atoms with Crippen molar-refractivity contribution in [2.45, 2.75) is 19.4 Å². The molecule has 2 aromatic carbocycles. The molecular weight excluding hydrogens is 370 g/mol. The van der Waals surface area contributed by atoms with Crippen molar-refractivity contribution < 1.29 is 14.3 Å². The second-order valence-electron chi connectivity index (χ2n) is 6.52. The van der Waals surface area contributed by atoms with Crippen molar-refractivity contribution in [2.24, 2.45) is 0 Å². The van der Waals surface area contributed by atoms with Crippen LogP contribution in [-0.2, 0) is 20.9 Å². The third kappa shape index (κ3) is 4.37. The van der Waals surface area contributed by atoms with E-state index in [0.717, 1.165) is 29.9 Å². The van der Waals surface area contributed by atoms with Gasteiger partial charge in [0.2, 0.25) is 5.91 Å². The number of amides is 1.